The van der Waals surface area contributed by atoms with Crippen LogP contribution in [0.5, 0.6) is 5.75 Å². The largest absolute Gasteiger partial charge is 0.508 e. The van der Waals surface area contributed by atoms with E-state index >= 15 is 0 Å². The normalized spacial score (nSPS) is 15.6. The maximum absolute atomic E-state index is 12.0. The minimum atomic E-state index is 0.0504. The SMILES string of the molecule is O=C(C[NH+]1CCN(c2ccc(O)cc2)CC1)NCc1ccco1. The van der Waals surface area contributed by atoms with E-state index in [-0.39, 0.29) is 11.7 Å². The molecule has 0 atom stereocenters. The minimum absolute atomic E-state index is 0.0504. The molecular formula is C17H22N3O3+. The van der Waals surface area contributed by atoms with Crippen molar-refractivity contribution in [2.24, 2.45) is 0 Å². The molecule has 0 bridgehead atoms. The summed E-state index contributed by atoms with van der Waals surface area (Å²) in [5.41, 5.74) is 1.11. The highest BCUT2D eigenvalue weighted by atomic mass is 16.3. The number of phenolic OH excluding ortho intramolecular Hbond substituents is 1. The van der Waals surface area contributed by atoms with Crippen molar-refractivity contribution >= 4 is 11.6 Å². The Hall–Kier alpha value is -2.47. The zero-order valence-electron chi connectivity index (χ0n) is 13.0. The van der Waals surface area contributed by atoms with Gasteiger partial charge >= 0.3 is 0 Å². The van der Waals surface area contributed by atoms with Gasteiger partial charge in [-0.15, -0.1) is 0 Å². The number of piperazine rings is 1. The second kappa shape index (κ2) is 7.19. The van der Waals surface area contributed by atoms with Gasteiger partial charge in [-0.25, -0.2) is 0 Å². The first-order valence-electron chi connectivity index (χ1n) is 7.87. The smallest absolute Gasteiger partial charge is 0.275 e. The highest BCUT2D eigenvalue weighted by molar-refractivity contribution is 5.76. The molecule has 6 nitrogen and oxygen atoms in total. The maximum atomic E-state index is 12.0. The number of hydrogen-bond donors (Lipinski definition) is 3. The van der Waals surface area contributed by atoms with E-state index in [1.807, 2.05) is 24.3 Å². The lowest BCUT2D eigenvalue weighted by Gasteiger charge is -2.33. The molecule has 2 heterocycles. The second-order valence-electron chi connectivity index (χ2n) is 5.79. The van der Waals surface area contributed by atoms with E-state index in [0.717, 1.165) is 37.6 Å². The van der Waals surface area contributed by atoms with Crippen LogP contribution in [0.25, 0.3) is 0 Å². The van der Waals surface area contributed by atoms with Gasteiger partial charge in [-0.05, 0) is 36.4 Å². The number of phenols is 1. The zero-order valence-corrected chi connectivity index (χ0v) is 13.0. The highest BCUT2D eigenvalue weighted by Crippen LogP contribution is 2.17. The number of nitrogens with zero attached hydrogens (tertiary/aromatic N) is 1. The molecule has 0 spiro atoms. The standard InChI is InChI=1S/C17H21N3O3/c21-15-5-3-14(4-6-15)20-9-7-19(8-10-20)13-17(22)18-12-16-2-1-11-23-16/h1-6,11,21H,7-10,12-13H2,(H,18,22)/p+1. The zero-order chi connectivity index (χ0) is 16.1. The minimum Gasteiger partial charge on any atom is -0.508 e. The van der Waals surface area contributed by atoms with Gasteiger partial charge in [-0.1, -0.05) is 0 Å². The highest BCUT2D eigenvalue weighted by Gasteiger charge is 2.22. The number of carbonyl (C=O) groups excluding carboxylic acids is 1. The van der Waals surface area contributed by atoms with Gasteiger partial charge in [-0.3, -0.25) is 4.79 Å². The Morgan fingerprint density at radius 2 is 1.96 bits per heavy atom. The van der Waals surface area contributed by atoms with Gasteiger partial charge in [0.05, 0.1) is 39.0 Å². The molecule has 122 valence electrons. The van der Waals surface area contributed by atoms with Crippen LogP contribution in [0.15, 0.2) is 47.1 Å². The molecule has 1 aromatic heterocycles. The third-order valence-electron chi connectivity index (χ3n) is 4.14. The van der Waals surface area contributed by atoms with Crippen molar-refractivity contribution in [3.63, 3.8) is 0 Å². The third kappa shape index (κ3) is 4.26. The summed E-state index contributed by atoms with van der Waals surface area (Å²) in [4.78, 5) is 15.6. The lowest BCUT2D eigenvalue weighted by atomic mass is 10.2. The molecule has 1 aromatic carbocycles. The van der Waals surface area contributed by atoms with Crippen LogP contribution in [-0.4, -0.2) is 43.7 Å². The van der Waals surface area contributed by atoms with E-state index in [1.165, 1.54) is 4.90 Å². The first kappa shape index (κ1) is 15.4. The summed E-state index contributed by atoms with van der Waals surface area (Å²) in [7, 11) is 0. The summed E-state index contributed by atoms with van der Waals surface area (Å²) in [5.74, 6) is 1.10. The van der Waals surface area contributed by atoms with Crippen LogP contribution in [-0.2, 0) is 11.3 Å². The van der Waals surface area contributed by atoms with Crippen LogP contribution in [0.2, 0.25) is 0 Å². The van der Waals surface area contributed by atoms with E-state index in [2.05, 4.69) is 10.2 Å². The number of nitrogens with one attached hydrogen (secondary N) is 2. The van der Waals surface area contributed by atoms with Crippen molar-refractivity contribution in [3.8, 4) is 5.75 Å². The van der Waals surface area contributed by atoms with Crippen LogP contribution in [0.1, 0.15) is 5.76 Å². The molecule has 1 aliphatic rings. The van der Waals surface area contributed by atoms with Gasteiger partial charge in [0.1, 0.15) is 11.5 Å². The van der Waals surface area contributed by atoms with Gasteiger partial charge < -0.3 is 24.6 Å². The van der Waals surface area contributed by atoms with Gasteiger partial charge in [0.2, 0.25) is 0 Å². The van der Waals surface area contributed by atoms with E-state index in [9.17, 15) is 9.90 Å². The Kier molecular flexibility index (Phi) is 4.83. The van der Waals surface area contributed by atoms with Crippen molar-refractivity contribution in [1.82, 2.24) is 5.32 Å². The quantitative estimate of drug-likeness (QED) is 0.727. The van der Waals surface area contributed by atoms with Crippen LogP contribution >= 0.6 is 0 Å². The third-order valence-corrected chi connectivity index (χ3v) is 4.14. The van der Waals surface area contributed by atoms with Crippen molar-refractivity contribution in [2.45, 2.75) is 6.54 Å². The Labute approximate surface area is 135 Å². The number of rotatable bonds is 5. The summed E-state index contributed by atoms with van der Waals surface area (Å²) in [6.07, 6.45) is 1.61. The van der Waals surface area contributed by atoms with E-state index in [0.29, 0.717) is 13.1 Å². The van der Waals surface area contributed by atoms with Gasteiger partial charge in [-0.2, -0.15) is 0 Å². The van der Waals surface area contributed by atoms with Crippen molar-refractivity contribution in [1.29, 1.82) is 0 Å². The first-order valence-corrected chi connectivity index (χ1v) is 7.87. The molecule has 1 fully saturated rings. The number of aromatic hydroxyl groups is 1. The number of anilines is 1. The van der Waals surface area contributed by atoms with E-state index in [1.54, 1.807) is 18.4 Å². The average Bonchev–Trinajstić information content (AvgIpc) is 3.08. The summed E-state index contributed by atoms with van der Waals surface area (Å²) in [6, 6.07) is 10.9. The lowest BCUT2D eigenvalue weighted by molar-refractivity contribution is -0.892. The molecule has 0 radical (unpaired) electrons. The predicted molar refractivity (Wildman–Crippen MR) is 86.4 cm³/mol. The molecule has 3 rings (SSSR count). The molecule has 23 heavy (non-hydrogen) atoms. The molecule has 0 unspecified atom stereocenters. The molecule has 1 saturated heterocycles. The van der Waals surface area contributed by atoms with Crippen LogP contribution in [0.3, 0.4) is 0 Å². The van der Waals surface area contributed by atoms with E-state index in [4.69, 9.17) is 4.42 Å². The number of quaternary nitrogens is 1. The molecular weight excluding hydrogens is 294 g/mol. The van der Waals surface area contributed by atoms with Crippen LogP contribution in [0.4, 0.5) is 5.69 Å². The number of hydrogen-bond acceptors (Lipinski definition) is 4. The molecule has 6 heteroatoms. The molecule has 1 aliphatic heterocycles. The van der Waals surface area contributed by atoms with Crippen LogP contribution in [0, 0.1) is 0 Å². The second-order valence-corrected chi connectivity index (χ2v) is 5.79. The maximum Gasteiger partial charge on any atom is 0.275 e. The molecule has 0 saturated carbocycles. The first-order chi connectivity index (χ1) is 11.2. The summed E-state index contributed by atoms with van der Waals surface area (Å²) in [6.45, 7) is 4.60. The average molecular weight is 316 g/mol. The lowest BCUT2D eigenvalue weighted by Crippen LogP contribution is -3.15. The number of carbonyl (C=O) groups is 1. The van der Waals surface area contributed by atoms with Crippen LogP contribution < -0.4 is 15.1 Å². The number of amides is 1. The number of benzene rings is 1. The number of furan rings is 1. The molecule has 3 N–H and O–H groups in total. The molecule has 0 aliphatic carbocycles. The summed E-state index contributed by atoms with van der Waals surface area (Å²) >= 11 is 0. The fourth-order valence-corrected chi connectivity index (χ4v) is 2.81. The van der Waals surface area contributed by atoms with Gasteiger partial charge in [0.15, 0.2) is 6.54 Å². The van der Waals surface area contributed by atoms with Crippen molar-refractivity contribution in [2.75, 3.05) is 37.6 Å². The fourth-order valence-electron chi connectivity index (χ4n) is 2.81. The Morgan fingerprint density at radius 3 is 2.61 bits per heavy atom. The van der Waals surface area contributed by atoms with E-state index < -0.39 is 0 Å². The Bertz CT molecular complexity index is 617. The van der Waals surface area contributed by atoms with Crippen molar-refractivity contribution < 1.29 is 19.2 Å². The Balaban J connectivity index is 1.42. The topological polar surface area (TPSA) is 70.2 Å². The monoisotopic (exact) mass is 316 g/mol. The van der Waals surface area contributed by atoms with Crippen molar-refractivity contribution in [3.05, 3.63) is 48.4 Å². The molecule has 2 aromatic rings. The summed E-state index contributed by atoms with van der Waals surface area (Å²) in [5, 5.41) is 12.2. The van der Waals surface area contributed by atoms with Gasteiger partial charge in [0.25, 0.3) is 5.91 Å². The summed E-state index contributed by atoms with van der Waals surface area (Å²) < 4.78 is 5.20. The van der Waals surface area contributed by atoms with Gasteiger partial charge in [0, 0.05) is 5.69 Å². The molecule has 1 amide bonds. The fraction of sp³-hybridized carbons (Fsp3) is 0.353. The predicted octanol–water partition coefficient (Wildman–Crippen LogP) is 0.00650. The Morgan fingerprint density at radius 1 is 1.22 bits per heavy atom.